The number of aromatic nitrogens is 2. The molecule has 0 amide bonds. The molecule has 0 aliphatic rings. The van der Waals surface area contributed by atoms with Crippen LogP contribution < -0.4 is 4.74 Å². The zero-order valence-corrected chi connectivity index (χ0v) is 9.40. The molecule has 0 saturated heterocycles. The Bertz CT molecular complexity index is 337. The Balaban J connectivity index is 2.54. The van der Waals surface area contributed by atoms with E-state index in [-0.39, 0.29) is 18.4 Å². The molecule has 0 bridgehead atoms. The molecule has 0 radical (unpaired) electrons. The van der Waals surface area contributed by atoms with E-state index in [2.05, 4.69) is 10.2 Å². The molecule has 0 aliphatic heterocycles. The predicted molar refractivity (Wildman–Crippen MR) is 56.3 cm³/mol. The van der Waals surface area contributed by atoms with Crippen molar-refractivity contribution < 1.29 is 19.4 Å². The van der Waals surface area contributed by atoms with Gasteiger partial charge in [0.05, 0.1) is 12.7 Å². The van der Waals surface area contributed by atoms with Crippen LogP contribution in [0.3, 0.4) is 0 Å². The molecule has 0 fully saturated rings. The normalized spacial score (nSPS) is 12.2. The van der Waals surface area contributed by atoms with Gasteiger partial charge in [0.2, 0.25) is 5.88 Å². The summed E-state index contributed by atoms with van der Waals surface area (Å²) >= 11 is 0. The Hall–Kier alpha value is -1.56. The molecule has 1 aromatic rings. The molecule has 1 heterocycles. The van der Waals surface area contributed by atoms with Crippen LogP contribution in [0.25, 0.3) is 0 Å². The fraction of sp³-hybridized carbons (Fsp3) is 0.600. The van der Waals surface area contributed by atoms with E-state index in [1.54, 1.807) is 6.92 Å². The van der Waals surface area contributed by atoms with Gasteiger partial charge in [-0.25, -0.2) is 9.89 Å². The van der Waals surface area contributed by atoms with Crippen LogP contribution in [-0.4, -0.2) is 40.6 Å². The number of hydrogen-bond acceptors (Lipinski definition) is 5. The summed E-state index contributed by atoms with van der Waals surface area (Å²) in [5, 5.41) is 15.0. The predicted octanol–water partition coefficient (Wildman–Crippen LogP) is 0.736. The van der Waals surface area contributed by atoms with E-state index >= 15 is 0 Å². The van der Waals surface area contributed by atoms with Gasteiger partial charge in [0.25, 0.3) is 0 Å². The highest BCUT2D eigenvalue weighted by atomic mass is 16.5. The summed E-state index contributed by atoms with van der Waals surface area (Å²) in [6.45, 7) is 3.91. The molecule has 2 N–H and O–H groups in total. The number of carbonyl (C=O) groups is 1. The van der Waals surface area contributed by atoms with Gasteiger partial charge in [-0.15, -0.1) is 0 Å². The summed E-state index contributed by atoms with van der Waals surface area (Å²) in [5.41, 5.74) is 0.188. The Kier molecular flexibility index (Phi) is 4.78. The number of nitrogens with one attached hydrogen (secondary N) is 1. The minimum absolute atomic E-state index is 0.0556. The molecule has 0 aromatic carbocycles. The standard InChI is InChI=1S/C10H16N2O4/c1-3-15-10(14)8-6-9(12-11-8)16-7(2)4-5-13/h6-7,13H,3-5H2,1-2H3,(H,11,12). The Morgan fingerprint density at radius 1 is 1.69 bits per heavy atom. The largest absolute Gasteiger partial charge is 0.475 e. The van der Waals surface area contributed by atoms with Gasteiger partial charge < -0.3 is 14.6 Å². The van der Waals surface area contributed by atoms with Crippen molar-refractivity contribution in [1.82, 2.24) is 10.2 Å². The monoisotopic (exact) mass is 228 g/mol. The lowest BCUT2D eigenvalue weighted by atomic mass is 10.3. The van der Waals surface area contributed by atoms with Crippen LogP contribution in [0.5, 0.6) is 5.88 Å². The third-order valence-corrected chi connectivity index (χ3v) is 1.90. The van der Waals surface area contributed by atoms with Crippen molar-refractivity contribution in [2.75, 3.05) is 13.2 Å². The van der Waals surface area contributed by atoms with E-state index in [1.807, 2.05) is 6.92 Å². The van der Waals surface area contributed by atoms with E-state index in [1.165, 1.54) is 6.07 Å². The van der Waals surface area contributed by atoms with Crippen LogP contribution >= 0.6 is 0 Å². The number of aliphatic hydroxyl groups is 1. The molecule has 1 atom stereocenters. The van der Waals surface area contributed by atoms with Gasteiger partial charge in [-0.3, -0.25) is 0 Å². The number of nitrogens with zero attached hydrogens (tertiary/aromatic N) is 1. The molecule has 6 nitrogen and oxygen atoms in total. The molecule has 16 heavy (non-hydrogen) atoms. The number of H-pyrrole nitrogens is 1. The second-order valence-electron chi connectivity index (χ2n) is 3.28. The fourth-order valence-electron chi connectivity index (χ4n) is 1.13. The van der Waals surface area contributed by atoms with Crippen molar-refractivity contribution in [2.45, 2.75) is 26.4 Å². The van der Waals surface area contributed by atoms with Crippen LogP contribution in [0, 0.1) is 0 Å². The van der Waals surface area contributed by atoms with Gasteiger partial charge in [0, 0.05) is 19.1 Å². The first-order valence-electron chi connectivity index (χ1n) is 5.17. The van der Waals surface area contributed by atoms with Crippen LogP contribution in [0.15, 0.2) is 6.07 Å². The summed E-state index contributed by atoms with van der Waals surface area (Å²) in [5.74, 6) is -0.0904. The summed E-state index contributed by atoms with van der Waals surface area (Å²) < 4.78 is 10.2. The molecule has 0 aliphatic carbocycles. The molecule has 6 heteroatoms. The van der Waals surface area contributed by atoms with Gasteiger partial charge in [-0.1, -0.05) is 0 Å². The maximum Gasteiger partial charge on any atom is 0.358 e. The van der Waals surface area contributed by atoms with Crippen molar-refractivity contribution in [1.29, 1.82) is 0 Å². The topological polar surface area (TPSA) is 84.4 Å². The van der Waals surface area contributed by atoms with Gasteiger partial charge in [0.15, 0.2) is 5.69 Å². The lowest BCUT2D eigenvalue weighted by molar-refractivity contribution is 0.0519. The summed E-state index contributed by atoms with van der Waals surface area (Å²) in [4.78, 5) is 11.3. The second kappa shape index (κ2) is 6.12. The number of ether oxygens (including phenoxy) is 2. The van der Waals surface area contributed by atoms with E-state index in [4.69, 9.17) is 14.6 Å². The molecule has 0 saturated carbocycles. The maximum atomic E-state index is 11.3. The van der Waals surface area contributed by atoms with Crippen molar-refractivity contribution in [3.05, 3.63) is 11.8 Å². The second-order valence-corrected chi connectivity index (χ2v) is 3.28. The fourth-order valence-corrected chi connectivity index (χ4v) is 1.13. The number of aliphatic hydroxyl groups excluding tert-OH is 1. The highest BCUT2D eigenvalue weighted by Gasteiger charge is 2.13. The molecule has 1 unspecified atom stereocenters. The first kappa shape index (κ1) is 12.5. The average Bonchev–Trinajstić information content (AvgIpc) is 2.67. The lowest BCUT2D eigenvalue weighted by Gasteiger charge is -2.10. The van der Waals surface area contributed by atoms with Gasteiger partial charge >= 0.3 is 5.97 Å². The highest BCUT2D eigenvalue weighted by molar-refractivity contribution is 5.87. The Morgan fingerprint density at radius 2 is 2.44 bits per heavy atom. The van der Waals surface area contributed by atoms with E-state index < -0.39 is 5.97 Å². The van der Waals surface area contributed by atoms with Gasteiger partial charge in [-0.05, 0) is 13.8 Å². The molecule has 90 valence electrons. The zero-order chi connectivity index (χ0) is 12.0. The lowest BCUT2D eigenvalue weighted by Crippen LogP contribution is -2.13. The molecular weight excluding hydrogens is 212 g/mol. The summed E-state index contributed by atoms with van der Waals surface area (Å²) in [6.07, 6.45) is 0.383. The minimum Gasteiger partial charge on any atom is -0.475 e. The van der Waals surface area contributed by atoms with Crippen LogP contribution in [-0.2, 0) is 4.74 Å². The zero-order valence-electron chi connectivity index (χ0n) is 9.40. The number of carbonyl (C=O) groups excluding carboxylic acids is 1. The molecular formula is C10H16N2O4. The highest BCUT2D eigenvalue weighted by Crippen LogP contribution is 2.12. The molecule has 0 spiro atoms. The molecule has 1 rings (SSSR count). The van der Waals surface area contributed by atoms with Crippen molar-refractivity contribution in [2.24, 2.45) is 0 Å². The molecule has 1 aromatic heterocycles. The number of esters is 1. The van der Waals surface area contributed by atoms with E-state index in [0.29, 0.717) is 18.9 Å². The first-order chi connectivity index (χ1) is 7.67. The van der Waals surface area contributed by atoms with Gasteiger partial charge in [0.1, 0.15) is 0 Å². The third-order valence-electron chi connectivity index (χ3n) is 1.90. The van der Waals surface area contributed by atoms with Gasteiger partial charge in [-0.2, -0.15) is 5.10 Å². The Labute approximate surface area is 93.6 Å². The van der Waals surface area contributed by atoms with Crippen molar-refractivity contribution >= 4 is 5.97 Å². The smallest absolute Gasteiger partial charge is 0.358 e. The SMILES string of the molecule is CCOC(=O)c1cc(OC(C)CCO)[nH]n1. The minimum atomic E-state index is -0.483. The number of aromatic amines is 1. The summed E-state index contributed by atoms with van der Waals surface area (Å²) in [7, 11) is 0. The summed E-state index contributed by atoms with van der Waals surface area (Å²) in [6, 6.07) is 1.48. The van der Waals surface area contributed by atoms with Crippen molar-refractivity contribution in [3.8, 4) is 5.88 Å². The maximum absolute atomic E-state index is 11.3. The van der Waals surface area contributed by atoms with Crippen molar-refractivity contribution in [3.63, 3.8) is 0 Å². The average molecular weight is 228 g/mol. The van der Waals surface area contributed by atoms with E-state index in [0.717, 1.165) is 0 Å². The third kappa shape index (κ3) is 3.54. The number of hydrogen-bond donors (Lipinski definition) is 2. The first-order valence-corrected chi connectivity index (χ1v) is 5.17. The van der Waals surface area contributed by atoms with Crippen LogP contribution in [0.1, 0.15) is 30.8 Å². The van der Waals surface area contributed by atoms with Crippen LogP contribution in [0.4, 0.5) is 0 Å². The van der Waals surface area contributed by atoms with E-state index in [9.17, 15) is 4.79 Å². The quantitative estimate of drug-likeness (QED) is 0.701. The number of rotatable bonds is 6. The van der Waals surface area contributed by atoms with Crippen LogP contribution in [0.2, 0.25) is 0 Å². The Morgan fingerprint density at radius 3 is 3.06 bits per heavy atom.